The Morgan fingerprint density at radius 3 is 2.07 bits per heavy atom. The van der Waals surface area contributed by atoms with E-state index in [-0.39, 0.29) is 26.2 Å². The second kappa shape index (κ2) is 12.2. The van der Waals surface area contributed by atoms with Crippen LogP contribution in [0.25, 0.3) is 0 Å². The number of sulfonamides is 2. The minimum atomic E-state index is -4.16. The molecule has 0 saturated heterocycles. The molecule has 0 atom stereocenters. The molecule has 4 rings (SSSR count). The maximum Gasteiger partial charge on any atom is 0.264 e. The van der Waals surface area contributed by atoms with Crippen LogP contribution < -0.4 is 19.1 Å². The fraction of sp³-hybridized carbons (Fsp3) is 0.138. The van der Waals surface area contributed by atoms with Crippen molar-refractivity contribution >= 4 is 54.6 Å². The van der Waals surface area contributed by atoms with Gasteiger partial charge in [-0.25, -0.2) is 16.8 Å². The molecule has 12 heteroatoms. The number of rotatable bonds is 10. The normalized spacial score (nSPS) is 11.5. The Labute approximate surface area is 244 Å². The number of carbonyl (C=O) groups excluding carboxylic acids is 1. The number of nitrogens with one attached hydrogen (secondary N) is 2. The molecule has 0 fully saturated rings. The molecule has 1 amide bonds. The standard InChI is InChI=1S/C29H28ClN3O6S2/c1-20-8-13-24(14-9-20)41(37,38)33(27-7-5-4-6-25(27)30)19-29(34)31-22-11-15-23(16-12-22)40(35,36)32-26-18-21(2)10-17-28(26)39-3/h4-18,32H,19H2,1-3H3,(H,31,34). The van der Waals surface area contributed by atoms with Crippen LogP contribution in [0.15, 0.2) is 101 Å². The topological polar surface area (TPSA) is 122 Å². The second-order valence-corrected chi connectivity index (χ2v) is 13.1. The lowest BCUT2D eigenvalue weighted by atomic mass is 10.2. The summed E-state index contributed by atoms with van der Waals surface area (Å²) < 4.78 is 61.8. The number of para-hydroxylation sites is 1. The first-order valence-electron chi connectivity index (χ1n) is 12.3. The van der Waals surface area contributed by atoms with E-state index in [0.29, 0.717) is 11.4 Å². The first-order valence-corrected chi connectivity index (χ1v) is 15.6. The van der Waals surface area contributed by atoms with Crippen molar-refractivity contribution < 1.29 is 26.4 Å². The molecule has 0 spiro atoms. The Kier molecular flexibility index (Phi) is 8.91. The Balaban J connectivity index is 1.54. The van der Waals surface area contributed by atoms with Crippen LogP contribution in [0.4, 0.5) is 17.1 Å². The molecule has 0 heterocycles. The molecule has 214 valence electrons. The molecule has 0 aliphatic rings. The van der Waals surface area contributed by atoms with E-state index in [1.165, 1.54) is 55.6 Å². The zero-order chi connectivity index (χ0) is 29.8. The highest BCUT2D eigenvalue weighted by Gasteiger charge is 2.29. The van der Waals surface area contributed by atoms with Gasteiger partial charge in [-0.05, 0) is 80.1 Å². The lowest BCUT2D eigenvalue weighted by Gasteiger charge is -2.25. The van der Waals surface area contributed by atoms with Gasteiger partial charge >= 0.3 is 0 Å². The van der Waals surface area contributed by atoms with Gasteiger partial charge in [0.05, 0.1) is 33.3 Å². The number of aryl methyl sites for hydroxylation is 2. The van der Waals surface area contributed by atoms with Gasteiger partial charge in [-0.15, -0.1) is 0 Å². The average molecular weight is 614 g/mol. The average Bonchev–Trinajstić information content (AvgIpc) is 2.92. The van der Waals surface area contributed by atoms with Gasteiger partial charge in [-0.2, -0.15) is 0 Å². The van der Waals surface area contributed by atoms with Crippen molar-refractivity contribution in [2.24, 2.45) is 0 Å². The van der Waals surface area contributed by atoms with Crippen LogP contribution in [0.1, 0.15) is 11.1 Å². The quantitative estimate of drug-likeness (QED) is 0.240. The maximum atomic E-state index is 13.6. The summed E-state index contributed by atoms with van der Waals surface area (Å²) in [5, 5.41) is 2.78. The van der Waals surface area contributed by atoms with Gasteiger partial charge < -0.3 is 10.1 Å². The lowest BCUT2D eigenvalue weighted by molar-refractivity contribution is -0.114. The minimum Gasteiger partial charge on any atom is -0.495 e. The fourth-order valence-electron chi connectivity index (χ4n) is 3.94. The predicted molar refractivity (Wildman–Crippen MR) is 161 cm³/mol. The van der Waals surface area contributed by atoms with Crippen molar-refractivity contribution in [3.63, 3.8) is 0 Å². The first kappa shape index (κ1) is 29.9. The summed E-state index contributed by atoms with van der Waals surface area (Å²) in [6, 6.07) is 23.2. The third kappa shape index (κ3) is 6.99. The van der Waals surface area contributed by atoms with Crippen LogP contribution >= 0.6 is 11.6 Å². The molecular formula is C29H28ClN3O6S2. The van der Waals surface area contributed by atoms with Crippen LogP contribution in [0.5, 0.6) is 5.75 Å². The summed E-state index contributed by atoms with van der Waals surface area (Å²) in [5.41, 5.74) is 2.43. The molecule has 0 aliphatic heterocycles. The smallest absolute Gasteiger partial charge is 0.264 e. The van der Waals surface area contributed by atoms with Gasteiger partial charge in [0.2, 0.25) is 5.91 Å². The zero-order valence-electron chi connectivity index (χ0n) is 22.5. The number of amides is 1. The molecule has 9 nitrogen and oxygen atoms in total. The second-order valence-electron chi connectivity index (χ2n) is 9.16. The van der Waals surface area contributed by atoms with E-state index in [4.69, 9.17) is 16.3 Å². The number of nitrogens with zero attached hydrogens (tertiary/aromatic N) is 1. The summed E-state index contributed by atoms with van der Waals surface area (Å²) in [5.74, 6) is -0.287. The number of anilines is 3. The van der Waals surface area contributed by atoms with E-state index in [9.17, 15) is 21.6 Å². The van der Waals surface area contributed by atoms with Gasteiger partial charge in [0.1, 0.15) is 12.3 Å². The van der Waals surface area contributed by atoms with Gasteiger partial charge in [-0.3, -0.25) is 13.8 Å². The number of benzene rings is 4. The monoisotopic (exact) mass is 613 g/mol. The molecule has 0 bridgehead atoms. The van der Waals surface area contributed by atoms with E-state index in [1.54, 1.807) is 42.5 Å². The van der Waals surface area contributed by atoms with Gasteiger partial charge in [0.15, 0.2) is 0 Å². The fourth-order valence-corrected chi connectivity index (χ4v) is 6.73. The summed E-state index contributed by atoms with van der Waals surface area (Å²) in [4.78, 5) is 13.0. The Morgan fingerprint density at radius 1 is 0.829 bits per heavy atom. The van der Waals surface area contributed by atoms with E-state index in [2.05, 4.69) is 10.0 Å². The number of halogens is 1. The van der Waals surface area contributed by atoms with Crippen molar-refractivity contribution in [2.45, 2.75) is 23.6 Å². The zero-order valence-corrected chi connectivity index (χ0v) is 24.8. The highest BCUT2D eigenvalue weighted by atomic mass is 35.5. The molecular weight excluding hydrogens is 586 g/mol. The van der Waals surface area contributed by atoms with Crippen molar-refractivity contribution in [1.82, 2.24) is 0 Å². The Morgan fingerprint density at radius 2 is 1.44 bits per heavy atom. The van der Waals surface area contributed by atoms with E-state index in [1.807, 2.05) is 13.8 Å². The van der Waals surface area contributed by atoms with E-state index >= 15 is 0 Å². The highest BCUT2D eigenvalue weighted by molar-refractivity contribution is 7.93. The van der Waals surface area contributed by atoms with Gasteiger partial charge in [-0.1, -0.05) is 47.5 Å². The maximum absolute atomic E-state index is 13.6. The van der Waals surface area contributed by atoms with Crippen LogP contribution in [0, 0.1) is 13.8 Å². The predicted octanol–water partition coefficient (Wildman–Crippen LogP) is 5.60. The Bertz CT molecular complexity index is 1780. The number of hydrogen-bond donors (Lipinski definition) is 2. The SMILES string of the molecule is COc1ccc(C)cc1NS(=O)(=O)c1ccc(NC(=O)CN(c2ccccc2Cl)S(=O)(=O)c2ccc(C)cc2)cc1. The van der Waals surface area contributed by atoms with Crippen molar-refractivity contribution in [2.75, 3.05) is 28.0 Å². The summed E-state index contributed by atoms with van der Waals surface area (Å²) in [6.07, 6.45) is 0. The largest absolute Gasteiger partial charge is 0.495 e. The number of ether oxygens (including phenoxy) is 1. The van der Waals surface area contributed by atoms with Crippen LogP contribution in [0.2, 0.25) is 5.02 Å². The lowest BCUT2D eigenvalue weighted by Crippen LogP contribution is -2.38. The third-order valence-corrected chi connectivity index (χ3v) is 9.54. The molecule has 4 aromatic rings. The molecule has 2 N–H and O–H groups in total. The molecule has 0 unspecified atom stereocenters. The third-order valence-electron chi connectivity index (χ3n) is 6.07. The molecule has 0 aliphatic carbocycles. The molecule has 0 radical (unpaired) electrons. The summed E-state index contributed by atoms with van der Waals surface area (Å²) in [7, 11) is -6.68. The van der Waals surface area contributed by atoms with Gasteiger partial charge in [0.25, 0.3) is 20.0 Å². The number of hydrogen-bond acceptors (Lipinski definition) is 6. The number of carbonyl (C=O) groups is 1. The molecule has 4 aromatic carbocycles. The first-order chi connectivity index (χ1) is 19.4. The van der Waals surface area contributed by atoms with Crippen LogP contribution in [-0.2, 0) is 24.8 Å². The molecule has 0 aromatic heterocycles. The summed E-state index contributed by atoms with van der Waals surface area (Å²) >= 11 is 6.32. The van der Waals surface area contributed by atoms with Gasteiger partial charge in [0, 0.05) is 5.69 Å². The highest BCUT2D eigenvalue weighted by Crippen LogP contribution is 2.31. The summed E-state index contributed by atoms with van der Waals surface area (Å²) in [6.45, 7) is 3.09. The number of methoxy groups -OCH3 is 1. The Hall–Kier alpha value is -4.06. The van der Waals surface area contributed by atoms with E-state index in [0.717, 1.165) is 15.4 Å². The van der Waals surface area contributed by atoms with Crippen LogP contribution in [-0.4, -0.2) is 36.4 Å². The van der Waals surface area contributed by atoms with Crippen LogP contribution in [0.3, 0.4) is 0 Å². The van der Waals surface area contributed by atoms with Crippen molar-refractivity contribution in [3.05, 3.63) is 107 Å². The molecule has 0 saturated carbocycles. The van der Waals surface area contributed by atoms with E-state index < -0.39 is 32.5 Å². The van der Waals surface area contributed by atoms with Crippen molar-refractivity contribution in [1.29, 1.82) is 0 Å². The van der Waals surface area contributed by atoms with Crippen molar-refractivity contribution in [3.8, 4) is 5.75 Å². The minimum absolute atomic E-state index is 0.00289. The molecule has 41 heavy (non-hydrogen) atoms.